The van der Waals surface area contributed by atoms with E-state index in [0.717, 1.165) is 19.5 Å². The minimum Gasteiger partial charge on any atom is -0.317 e. The lowest BCUT2D eigenvalue weighted by molar-refractivity contribution is 0.232. The second kappa shape index (κ2) is 6.76. The summed E-state index contributed by atoms with van der Waals surface area (Å²) in [6.07, 6.45) is 1.15. The molecule has 20 heavy (non-hydrogen) atoms. The summed E-state index contributed by atoms with van der Waals surface area (Å²) in [5.74, 6) is 0.669. The van der Waals surface area contributed by atoms with E-state index in [1.54, 1.807) is 0 Å². The smallest absolute Gasteiger partial charge is 0.00124 e. The van der Waals surface area contributed by atoms with Gasteiger partial charge in [-0.2, -0.15) is 0 Å². The molecule has 0 heterocycles. The van der Waals surface area contributed by atoms with Crippen LogP contribution in [0.15, 0.2) is 24.3 Å². The number of benzene rings is 1. The van der Waals surface area contributed by atoms with Gasteiger partial charge in [0.2, 0.25) is 0 Å². The van der Waals surface area contributed by atoms with Crippen LogP contribution in [-0.2, 0) is 11.8 Å². The second-order valence-electron chi connectivity index (χ2n) is 8.02. The van der Waals surface area contributed by atoms with Gasteiger partial charge in [-0.3, -0.25) is 0 Å². The Morgan fingerprint density at radius 2 is 1.50 bits per heavy atom. The van der Waals surface area contributed by atoms with Crippen LogP contribution < -0.4 is 5.32 Å². The highest BCUT2D eigenvalue weighted by molar-refractivity contribution is 5.27. The zero-order valence-electron chi connectivity index (χ0n) is 14.5. The minimum absolute atomic E-state index is 0.242. The van der Waals surface area contributed by atoms with Crippen molar-refractivity contribution in [3.63, 3.8) is 0 Å². The molecule has 0 radical (unpaired) electrons. The summed E-state index contributed by atoms with van der Waals surface area (Å²) >= 11 is 0. The number of hydrogen-bond donors (Lipinski definition) is 1. The Kier molecular flexibility index (Phi) is 5.82. The molecule has 1 N–H and O–H groups in total. The molecule has 1 aromatic carbocycles. The molecule has 1 rings (SSSR count). The molecule has 0 saturated carbocycles. The second-order valence-corrected chi connectivity index (χ2v) is 8.02. The standard InChI is InChI=1S/C19H33N/c1-8-20-14-17(19(5,6)7)13-15-9-11-16(12-10-15)18(2,3)4/h9-12,17,20H,8,13-14H2,1-7H3. The Hall–Kier alpha value is -0.820. The fourth-order valence-electron chi connectivity index (χ4n) is 2.43. The van der Waals surface area contributed by atoms with Gasteiger partial charge in [0.1, 0.15) is 0 Å². The number of rotatable bonds is 5. The van der Waals surface area contributed by atoms with E-state index in [0.29, 0.717) is 11.3 Å². The van der Waals surface area contributed by atoms with Crippen molar-refractivity contribution in [2.24, 2.45) is 11.3 Å². The van der Waals surface area contributed by atoms with E-state index in [1.807, 2.05) is 0 Å². The van der Waals surface area contributed by atoms with Gasteiger partial charge in [-0.1, -0.05) is 72.7 Å². The third kappa shape index (κ3) is 5.28. The Labute approximate surface area is 126 Å². The van der Waals surface area contributed by atoms with Crippen LogP contribution in [0, 0.1) is 11.3 Å². The van der Waals surface area contributed by atoms with Crippen LogP contribution in [0.2, 0.25) is 0 Å². The van der Waals surface area contributed by atoms with E-state index in [2.05, 4.69) is 78.0 Å². The number of hydrogen-bond acceptors (Lipinski definition) is 1. The summed E-state index contributed by atoms with van der Waals surface area (Å²) in [4.78, 5) is 0. The molecule has 0 aromatic heterocycles. The summed E-state index contributed by atoms with van der Waals surface area (Å²) in [7, 11) is 0. The molecule has 0 aliphatic carbocycles. The third-order valence-electron chi connectivity index (χ3n) is 4.17. The van der Waals surface area contributed by atoms with Gasteiger partial charge in [-0.05, 0) is 47.4 Å². The van der Waals surface area contributed by atoms with E-state index in [9.17, 15) is 0 Å². The number of nitrogens with one attached hydrogen (secondary N) is 1. The minimum atomic E-state index is 0.242. The first-order valence-electron chi connectivity index (χ1n) is 7.94. The van der Waals surface area contributed by atoms with Crippen LogP contribution in [0.1, 0.15) is 59.6 Å². The van der Waals surface area contributed by atoms with Gasteiger partial charge >= 0.3 is 0 Å². The molecule has 1 aromatic rings. The van der Waals surface area contributed by atoms with E-state index in [4.69, 9.17) is 0 Å². The Morgan fingerprint density at radius 1 is 0.950 bits per heavy atom. The van der Waals surface area contributed by atoms with Crippen molar-refractivity contribution in [1.82, 2.24) is 5.32 Å². The van der Waals surface area contributed by atoms with E-state index < -0.39 is 0 Å². The van der Waals surface area contributed by atoms with Crippen LogP contribution >= 0.6 is 0 Å². The molecule has 114 valence electrons. The van der Waals surface area contributed by atoms with Crippen LogP contribution in [0.5, 0.6) is 0 Å². The Balaban J connectivity index is 2.79. The zero-order chi connectivity index (χ0) is 15.4. The third-order valence-corrected chi connectivity index (χ3v) is 4.17. The van der Waals surface area contributed by atoms with Crippen molar-refractivity contribution in [2.45, 2.75) is 60.3 Å². The molecule has 1 atom stereocenters. The molecule has 1 nitrogen and oxygen atoms in total. The monoisotopic (exact) mass is 275 g/mol. The highest BCUT2D eigenvalue weighted by Gasteiger charge is 2.24. The van der Waals surface area contributed by atoms with E-state index in [1.165, 1.54) is 11.1 Å². The molecule has 0 aliphatic rings. The molecule has 0 fully saturated rings. The average molecular weight is 275 g/mol. The molecule has 0 spiro atoms. The average Bonchev–Trinajstić information content (AvgIpc) is 2.32. The first kappa shape index (κ1) is 17.2. The van der Waals surface area contributed by atoms with Crippen molar-refractivity contribution >= 4 is 0 Å². The molecule has 0 saturated heterocycles. The van der Waals surface area contributed by atoms with Crippen LogP contribution in [0.4, 0.5) is 0 Å². The molecule has 0 amide bonds. The topological polar surface area (TPSA) is 12.0 Å². The maximum atomic E-state index is 3.51. The lowest BCUT2D eigenvalue weighted by Crippen LogP contribution is -2.33. The first-order chi connectivity index (χ1) is 9.14. The molecular weight excluding hydrogens is 242 g/mol. The van der Waals surface area contributed by atoms with Crippen LogP contribution in [0.25, 0.3) is 0 Å². The predicted octanol–water partition coefficient (Wildman–Crippen LogP) is 4.80. The van der Waals surface area contributed by atoms with Crippen LogP contribution in [0.3, 0.4) is 0 Å². The molecular formula is C19H33N. The summed E-state index contributed by atoms with van der Waals surface area (Å²) < 4.78 is 0. The molecule has 1 unspecified atom stereocenters. The first-order valence-corrected chi connectivity index (χ1v) is 7.94. The van der Waals surface area contributed by atoms with E-state index in [-0.39, 0.29) is 5.41 Å². The van der Waals surface area contributed by atoms with Crippen LogP contribution in [-0.4, -0.2) is 13.1 Å². The van der Waals surface area contributed by atoms with Crippen molar-refractivity contribution < 1.29 is 0 Å². The van der Waals surface area contributed by atoms with Crippen molar-refractivity contribution in [2.75, 3.05) is 13.1 Å². The lowest BCUT2D eigenvalue weighted by atomic mass is 9.76. The van der Waals surface area contributed by atoms with Gasteiger partial charge in [0.05, 0.1) is 0 Å². The Bertz CT molecular complexity index is 389. The highest BCUT2D eigenvalue weighted by atomic mass is 14.8. The summed E-state index contributed by atoms with van der Waals surface area (Å²) in [6.45, 7) is 18.2. The SMILES string of the molecule is CCNCC(Cc1ccc(C(C)(C)C)cc1)C(C)(C)C. The maximum Gasteiger partial charge on any atom is -0.00124 e. The molecule has 1 heteroatoms. The van der Waals surface area contributed by atoms with Crippen molar-refractivity contribution in [3.8, 4) is 0 Å². The maximum absolute atomic E-state index is 3.51. The fraction of sp³-hybridized carbons (Fsp3) is 0.684. The van der Waals surface area contributed by atoms with Gasteiger partial charge in [0.25, 0.3) is 0 Å². The van der Waals surface area contributed by atoms with Gasteiger partial charge < -0.3 is 5.32 Å². The molecule has 0 aliphatic heterocycles. The largest absolute Gasteiger partial charge is 0.317 e. The highest BCUT2D eigenvalue weighted by Crippen LogP contribution is 2.29. The molecule has 0 bridgehead atoms. The summed E-state index contributed by atoms with van der Waals surface area (Å²) in [6, 6.07) is 9.21. The Morgan fingerprint density at radius 3 is 1.90 bits per heavy atom. The quantitative estimate of drug-likeness (QED) is 0.814. The van der Waals surface area contributed by atoms with Gasteiger partial charge in [-0.15, -0.1) is 0 Å². The zero-order valence-corrected chi connectivity index (χ0v) is 14.5. The summed E-state index contributed by atoms with van der Waals surface area (Å²) in [5, 5.41) is 3.51. The van der Waals surface area contributed by atoms with E-state index >= 15 is 0 Å². The van der Waals surface area contributed by atoms with Gasteiger partial charge in [0.15, 0.2) is 0 Å². The van der Waals surface area contributed by atoms with Crippen molar-refractivity contribution in [3.05, 3.63) is 35.4 Å². The van der Waals surface area contributed by atoms with Crippen molar-refractivity contribution in [1.29, 1.82) is 0 Å². The van der Waals surface area contributed by atoms with Gasteiger partial charge in [0, 0.05) is 0 Å². The van der Waals surface area contributed by atoms with Gasteiger partial charge in [-0.25, -0.2) is 0 Å². The lowest BCUT2D eigenvalue weighted by Gasteiger charge is -2.31. The summed E-state index contributed by atoms with van der Waals surface area (Å²) in [5.41, 5.74) is 3.45. The predicted molar refractivity (Wildman–Crippen MR) is 90.3 cm³/mol. The normalized spacial score (nSPS) is 14.3. The fourth-order valence-corrected chi connectivity index (χ4v) is 2.43.